The highest BCUT2D eigenvalue weighted by atomic mass is 127. The second-order valence-corrected chi connectivity index (χ2v) is 8.21. The van der Waals surface area contributed by atoms with Crippen LogP contribution in [-0.4, -0.2) is 78.9 Å². The largest absolute Gasteiger partial charge is 0.352 e. The normalized spacial score (nSPS) is 19.1. The molecule has 2 amide bonds. The van der Waals surface area contributed by atoms with Crippen molar-refractivity contribution in [2.45, 2.75) is 44.6 Å². The highest BCUT2D eigenvalue weighted by Gasteiger charge is 2.32. The lowest BCUT2D eigenvalue weighted by Gasteiger charge is -2.22. The van der Waals surface area contributed by atoms with Gasteiger partial charge in [0.15, 0.2) is 5.96 Å². The summed E-state index contributed by atoms with van der Waals surface area (Å²) >= 11 is 0. The first-order valence-electron chi connectivity index (χ1n) is 11.0. The highest BCUT2D eigenvalue weighted by Crippen LogP contribution is 2.27. The van der Waals surface area contributed by atoms with Crippen molar-refractivity contribution < 1.29 is 9.59 Å². The SMILES string of the molecule is CN=C(NCC(=O)N(C)CCc1ccccn1)NC1CCN(C(=O)C2CCCC2)C1.I. The molecular formula is C22H35IN6O2. The number of guanidine groups is 1. The Balaban J connectivity index is 0.00000341. The number of carbonyl (C=O) groups excluding carboxylic acids is 2. The van der Waals surface area contributed by atoms with Gasteiger partial charge in [-0.15, -0.1) is 24.0 Å². The third-order valence-corrected chi connectivity index (χ3v) is 6.03. The number of likely N-dealkylation sites (tertiary alicyclic amines) is 1. The van der Waals surface area contributed by atoms with Crippen LogP contribution in [0.2, 0.25) is 0 Å². The van der Waals surface area contributed by atoms with E-state index in [1.165, 1.54) is 12.8 Å². The molecule has 1 aliphatic carbocycles. The van der Waals surface area contributed by atoms with Gasteiger partial charge in [0, 0.05) is 64.0 Å². The Labute approximate surface area is 202 Å². The summed E-state index contributed by atoms with van der Waals surface area (Å²) in [5.41, 5.74) is 0.973. The molecule has 1 unspecified atom stereocenters. The van der Waals surface area contributed by atoms with Crippen LogP contribution in [0.3, 0.4) is 0 Å². The molecule has 1 aromatic heterocycles. The molecule has 9 heteroatoms. The van der Waals surface area contributed by atoms with Crippen molar-refractivity contribution in [1.82, 2.24) is 25.4 Å². The van der Waals surface area contributed by atoms with Gasteiger partial charge in [0.1, 0.15) is 0 Å². The second-order valence-electron chi connectivity index (χ2n) is 8.21. The Hall–Kier alpha value is -1.91. The molecule has 1 atom stereocenters. The maximum Gasteiger partial charge on any atom is 0.241 e. The summed E-state index contributed by atoms with van der Waals surface area (Å²) in [5.74, 6) is 1.13. The number of nitrogens with one attached hydrogen (secondary N) is 2. The van der Waals surface area contributed by atoms with Crippen LogP contribution < -0.4 is 10.6 Å². The molecule has 2 fully saturated rings. The average Bonchev–Trinajstić information content (AvgIpc) is 3.47. The number of amides is 2. The van der Waals surface area contributed by atoms with E-state index < -0.39 is 0 Å². The predicted molar refractivity (Wildman–Crippen MR) is 132 cm³/mol. The molecule has 1 aromatic rings. The number of nitrogens with zero attached hydrogens (tertiary/aromatic N) is 4. The number of hydrogen-bond acceptors (Lipinski definition) is 4. The molecule has 3 rings (SSSR count). The third kappa shape index (κ3) is 7.62. The number of halogens is 1. The number of carbonyl (C=O) groups is 2. The van der Waals surface area contributed by atoms with E-state index in [-0.39, 0.29) is 48.4 Å². The van der Waals surface area contributed by atoms with Crippen LogP contribution in [0.1, 0.15) is 37.8 Å². The summed E-state index contributed by atoms with van der Waals surface area (Å²) in [4.78, 5) is 37.2. The minimum Gasteiger partial charge on any atom is -0.352 e. The summed E-state index contributed by atoms with van der Waals surface area (Å²) in [6, 6.07) is 5.96. The first-order chi connectivity index (χ1) is 14.6. The first kappa shape index (κ1) is 25.4. The molecule has 2 heterocycles. The van der Waals surface area contributed by atoms with Crippen LogP contribution >= 0.6 is 24.0 Å². The Morgan fingerprint density at radius 2 is 2.03 bits per heavy atom. The standard InChI is InChI=1S/C22H34N6O2.HI/c1-23-22(25-15-20(29)27(2)13-10-18-9-5-6-12-24-18)26-19-11-14-28(16-19)21(30)17-7-3-4-8-17;/h5-6,9,12,17,19H,3-4,7-8,10-11,13-16H2,1-2H3,(H2,23,25,26);1H. The highest BCUT2D eigenvalue weighted by molar-refractivity contribution is 14.0. The lowest BCUT2D eigenvalue weighted by molar-refractivity contribution is -0.134. The molecule has 1 aliphatic heterocycles. The van der Waals surface area contributed by atoms with Crippen LogP contribution in [-0.2, 0) is 16.0 Å². The summed E-state index contributed by atoms with van der Waals surface area (Å²) in [6.45, 7) is 2.29. The fraction of sp³-hybridized carbons (Fsp3) is 0.636. The lowest BCUT2D eigenvalue weighted by atomic mass is 10.1. The van der Waals surface area contributed by atoms with E-state index in [0.717, 1.165) is 37.9 Å². The molecular weight excluding hydrogens is 507 g/mol. The average molecular weight is 542 g/mol. The maximum atomic E-state index is 12.6. The molecule has 0 aromatic carbocycles. The van der Waals surface area contributed by atoms with Gasteiger partial charge in [-0.25, -0.2) is 0 Å². The monoisotopic (exact) mass is 542 g/mol. The first-order valence-corrected chi connectivity index (χ1v) is 11.0. The molecule has 172 valence electrons. The zero-order chi connectivity index (χ0) is 21.3. The summed E-state index contributed by atoms with van der Waals surface area (Å²) in [7, 11) is 3.49. The lowest BCUT2D eigenvalue weighted by Crippen LogP contribution is -2.48. The van der Waals surface area contributed by atoms with Crippen molar-refractivity contribution in [3.8, 4) is 0 Å². The van der Waals surface area contributed by atoms with Crippen LogP contribution in [0.25, 0.3) is 0 Å². The summed E-state index contributed by atoms with van der Waals surface area (Å²) < 4.78 is 0. The zero-order valence-electron chi connectivity index (χ0n) is 18.5. The Morgan fingerprint density at radius 3 is 2.71 bits per heavy atom. The number of rotatable bonds is 7. The number of pyridine rings is 1. The van der Waals surface area contributed by atoms with Gasteiger partial charge in [0.2, 0.25) is 11.8 Å². The number of hydrogen-bond donors (Lipinski definition) is 2. The maximum absolute atomic E-state index is 12.6. The van der Waals surface area contributed by atoms with Crippen LogP contribution in [0.15, 0.2) is 29.4 Å². The number of aliphatic imine (C=N–C) groups is 1. The van der Waals surface area contributed by atoms with E-state index in [1.54, 1.807) is 25.2 Å². The van der Waals surface area contributed by atoms with E-state index in [9.17, 15) is 9.59 Å². The smallest absolute Gasteiger partial charge is 0.241 e. The fourth-order valence-electron chi connectivity index (χ4n) is 4.14. The van der Waals surface area contributed by atoms with Gasteiger partial charge < -0.3 is 20.4 Å². The van der Waals surface area contributed by atoms with E-state index in [1.807, 2.05) is 23.1 Å². The molecule has 0 spiro atoms. The summed E-state index contributed by atoms with van der Waals surface area (Å²) in [5, 5.41) is 6.46. The zero-order valence-corrected chi connectivity index (χ0v) is 20.9. The molecule has 1 saturated carbocycles. The van der Waals surface area contributed by atoms with E-state index >= 15 is 0 Å². The second kappa shape index (κ2) is 12.8. The third-order valence-electron chi connectivity index (χ3n) is 6.03. The van der Waals surface area contributed by atoms with Gasteiger partial charge in [0.25, 0.3) is 0 Å². The van der Waals surface area contributed by atoms with Gasteiger partial charge in [-0.2, -0.15) is 0 Å². The number of likely N-dealkylation sites (N-methyl/N-ethyl adjacent to an activating group) is 1. The van der Waals surface area contributed by atoms with Gasteiger partial charge in [-0.3, -0.25) is 19.6 Å². The van der Waals surface area contributed by atoms with Crippen LogP contribution in [0, 0.1) is 5.92 Å². The topological polar surface area (TPSA) is 89.9 Å². The molecule has 0 radical (unpaired) electrons. The molecule has 2 N–H and O–H groups in total. The minimum absolute atomic E-state index is 0. The summed E-state index contributed by atoms with van der Waals surface area (Å²) in [6.07, 6.45) is 7.80. The van der Waals surface area contributed by atoms with Crippen LogP contribution in [0.4, 0.5) is 0 Å². The van der Waals surface area contributed by atoms with Crippen molar-refractivity contribution in [1.29, 1.82) is 0 Å². The van der Waals surface area contributed by atoms with Gasteiger partial charge in [-0.05, 0) is 31.4 Å². The molecule has 31 heavy (non-hydrogen) atoms. The molecule has 0 bridgehead atoms. The van der Waals surface area contributed by atoms with E-state index in [4.69, 9.17) is 0 Å². The van der Waals surface area contributed by atoms with E-state index in [0.29, 0.717) is 25.0 Å². The molecule has 1 saturated heterocycles. The van der Waals surface area contributed by atoms with Crippen molar-refractivity contribution in [3.63, 3.8) is 0 Å². The van der Waals surface area contributed by atoms with Gasteiger partial charge >= 0.3 is 0 Å². The van der Waals surface area contributed by atoms with Crippen molar-refractivity contribution in [3.05, 3.63) is 30.1 Å². The van der Waals surface area contributed by atoms with Gasteiger partial charge in [-0.1, -0.05) is 18.9 Å². The Kier molecular flexibility index (Phi) is 10.5. The van der Waals surface area contributed by atoms with Gasteiger partial charge in [0.05, 0.1) is 6.54 Å². The Morgan fingerprint density at radius 1 is 1.26 bits per heavy atom. The molecule has 8 nitrogen and oxygen atoms in total. The Bertz CT molecular complexity index is 739. The number of aromatic nitrogens is 1. The fourth-order valence-corrected chi connectivity index (χ4v) is 4.14. The quantitative estimate of drug-likeness (QED) is 0.311. The van der Waals surface area contributed by atoms with Crippen molar-refractivity contribution in [2.75, 3.05) is 40.3 Å². The molecule has 2 aliphatic rings. The minimum atomic E-state index is -0.00154. The van der Waals surface area contributed by atoms with Crippen LogP contribution in [0.5, 0.6) is 0 Å². The van der Waals surface area contributed by atoms with Crippen molar-refractivity contribution >= 4 is 41.8 Å². The predicted octanol–water partition coefficient (Wildman–Crippen LogP) is 1.66. The van der Waals surface area contributed by atoms with E-state index in [2.05, 4.69) is 20.6 Å². The van der Waals surface area contributed by atoms with Crippen molar-refractivity contribution in [2.24, 2.45) is 10.9 Å².